The van der Waals surface area contributed by atoms with Crippen LogP contribution in [-0.2, 0) is 9.59 Å². The number of halogens is 4. The first-order valence-corrected chi connectivity index (χ1v) is 10.8. The molecule has 2 amide bonds. The third kappa shape index (κ3) is 4.32. The average Bonchev–Trinajstić information content (AvgIpc) is 3.39. The van der Waals surface area contributed by atoms with E-state index in [0.717, 1.165) is 25.3 Å². The van der Waals surface area contributed by atoms with Crippen LogP contribution in [0.5, 0.6) is 0 Å². The molecule has 4 rings (SSSR count). The molecule has 0 saturated carbocycles. The number of likely N-dealkylation sites (tertiary alicyclic amines) is 1. The summed E-state index contributed by atoms with van der Waals surface area (Å²) < 4.78 is 57.8. The Bertz CT molecular complexity index is 1060. The van der Waals surface area contributed by atoms with Gasteiger partial charge in [0.1, 0.15) is 11.9 Å². The number of carbonyl (C=O) groups excluding carboxylic acids is 2. The van der Waals surface area contributed by atoms with Crippen LogP contribution < -0.4 is 4.90 Å². The van der Waals surface area contributed by atoms with Crippen molar-refractivity contribution >= 4 is 17.5 Å². The van der Waals surface area contributed by atoms with Gasteiger partial charge in [0.2, 0.25) is 23.8 Å². The molecule has 2 fully saturated rings. The summed E-state index contributed by atoms with van der Waals surface area (Å²) in [6.07, 6.45) is -2.87. The number of piperidine rings is 1. The maximum absolute atomic E-state index is 14.9. The van der Waals surface area contributed by atoms with Crippen molar-refractivity contribution in [1.29, 1.82) is 0 Å². The van der Waals surface area contributed by atoms with E-state index in [4.69, 9.17) is 0 Å². The molecule has 3 heterocycles. The predicted octanol–water partition coefficient (Wildman–Crippen LogP) is 4.44. The van der Waals surface area contributed by atoms with Gasteiger partial charge in [-0.2, -0.15) is 4.98 Å². The van der Waals surface area contributed by atoms with Crippen LogP contribution in [0.2, 0.25) is 0 Å². The topological polar surface area (TPSA) is 79.5 Å². The molecule has 11 heteroatoms. The van der Waals surface area contributed by atoms with Crippen molar-refractivity contribution in [3.05, 3.63) is 29.9 Å². The third-order valence-electron chi connectivity index (χ3n) is 6.28. The molecule has 178 valence electrons. The second-order valence-electron chi connectivity index (χ2n) is 8.93. The van der Waals surface area contributed by atoms with Crippen LogP contribution in [0.4, 0.5) is 23.2 Å². The molecular weight excluding hydrogens is 444 g/mol. The monoisotopic (exact) mass is 468 g/mol. The number of aromatic nitrogens is 2. The number of anilines is 1. The maximum Gasteiger partial charge on any atom is 0.278 e. The number of amides is 2. The van der Waals surface area contributed by atoms with E-state index in [9.17, 15) is 27.2 Å². The second kappa shape index (κ2) is 8.75. The van der Waals surface area contributed by atoms with Crippen LogP contribution in [0.15, 0.2) is 22.7 Å². The Balaban J connectivity index is 1.60. The molecule has 1 unspecified atom stereocenters. The Kier molecular flexibility index (Phi) is 6.15. The van der Waals surface area contributed by atoms with Crippen molar-refractivity contribution in [2.24, 2.45) is 0 Å². The fourth-order valence-corrected chi connectivity index (χ4v) is 4.49. The quantitative estimate of drug-likeness (QED) is 0.607. The number of hydrogen-bond donors (Lipinski definition) is 0. The van der Waals surface area contributed by atoms with Crippen LogP contribution >= 0.6 is 0 Å². The van der Waals surface area contributed by atoms with Gasteiger partial charge in [0, 0.05) is 24.2 Å². The van der Waals surface area contributed by atoms with Crippen molar-refractivity contribution in [2.75, 3.05) is 11.4 Å². The van der Waals surface area contributed by atoms with E-state index < -0.39 is 36.2 Å². The molecule has 0 bridgehead atoms. The minimum atomic E-state index is -3.36. The van der Waals surface area contributed by atoms with Crippen molar-refractivity contribution in [3.8, 4) is 11.4 Å². The average molecular weight is 468 g/mol. The lowest BCUT2D eigenvalue weighted by atomic mass is 9.89. The van der Waals surface area contributed by atoms with Crippen LogP contribution in [-0.4, -0.2) is 51.4 Å². The highest BCUT2D eigenvalue weighted by Crippen LogP contribution is 2.35. The molecule has 7 nitrogen and oxygen atoms in total. The highest BCUT2D eigenvalue weighted by Gasteiger charge is 2.43. The summed E-state index contributed by atoms with van der Waals surface area (Å²) >= 11 is 0. The van der Waals surface area contributed by atoms with E-state index in [1.165, 1.54) is 17.0 Å². The van der Waals surface area contributed by atoms with Gasteiger partial charge in [-0.25, -0.2) is 17.6 Å². The van der Waals surface area contributed by atoms with Gasteiger partial charge in [-0.3, -0.25) is 14.5 Å². The SMILES string of the molecule is CC1(C)CCCCN1C(=O)[C@@H]1CCC(=O)N1c1ccc(-c2noc(C(F)C(F)F)n2)c(F)c1. The van der Waals surface area contributed by atoms with Crippen molar-refractivity contribution in [1.82, 2.24) is 15.0 Å². The molecule has 2 aliphatic rings. The Morgan fingerprint density at radius 2 is 2.00 bits per heavy atom. The van der Waals surface area contributed by atoms with Crippen molar-refractivity contribution in [2.45, 2.75) is 70.1 Å². The maximum atomic E-state index is 14.9. The lowest BCUT2D eigenvalue weighted by Crippen LogP contribution is -2.56. The Morgan fingerprint density at radius 1 is 1.24 bits per heavy atom. The van der Waals surface area contributed by atoms with Gasteiger partial charge in [-0.15, -0.1) is 0 Å². The highest BCUT2D eigenvalue weighted by molar-refractivity contribution is 6.04. The molecule has 0 spiro atoms. The van der Waals surface area contributed by atoms with Crippen LogP contribution in [0, 0.1) is 5.82 Å². The van der Waals surface area contributed by atoms with E-state index in [1.807, 2.05) is 13.8 Å². The first-order valence-electron chi connectivity index (χ1n) is 10.8. The van der Waals surface area contributed by atoms with Gasteiger partial charge in [0.05, 0.1) is 5.56 Å². The zero-order valence-electron chi connectivity index (χ0n) is 18.2. The zero-order chi connectivity index (χ0) is 23.9. The highest BCUT2D eigenvalue weighted by atomic mass is 19.3. The number of rotatable bonds is 5. The zero-order valence-corrected chi connectivity index (χ0v) is 18.2. The summed E-state index contributed by atoms with van der Waals surface area (Å²) in [4.78, 5) is 32.6. The molecule has 2 aromatic rings. The Morgan fingerprint density at radius 3 is 2.67 bits per heavy atom. The molecule has 2 saturated heterocycles. The van der Waals surface area contributed by atoms with Crippen molar-refractivity contribution < 1.29 is 31.7 Å². The number of carbonyl (C=O) groups is 2. The summed E-state index contributed by atoms with van der Waals surface area (Å²) in [6.45, 7) is 4.59. The standard InChI is InChI=1S/C22H24F4N4O3/c1-22(2)9-3-4-10-29(22)21(32)15-7-8-16(31)30(15)12-5-6-13(14(23)11-12)19-27-20(33-28-19)17(24)18(25)26/h5-6,11,15,17-18H,3-4,7-10H2,1-2H3/t15-,17?/m0/s1. The summed E-state index contributed by atoms with van der Waals surface area (Å²) in [7, 11) is 0. The fraction of sp³-hybridized carbons (Fsp3) is 0.545. The number of alkyl halides is 3. The van der Waals surface area contributed by atoms with Crippen molar-refractivity contribution in [3.63, 3.8) is 0 Å². The molecule has 1 aromatic carbocycles. The summed E-state index contributed by atoms with van der Waals surface area (Å²) in [5.74, 6) is -2.68. The summed E-state index contributed by atoms with van der Waals surface area (Å²) in [5.41, 5.74) is -0.349. The van der Waals surface area contributed by atoms with Gasteiger partial charge >= 0.3 is 0 Å². The minimum absolute atomic E-state index is 0.160. The van der Waals surface area contributed by atoms with E-state index in [2.05, 4.69) is 14.7 Å². The smallest absolute Gasteiger partial charge is 0.278 e. The van der Waals surface area contributed by atoms with Crippen LogP contribution in [0.25, 0.3) is 11.4 Å². The summed E-state index contributed by atoms with van der Waals surface area (Å²) in [6, 6.07) is 2.97. The molecule has 1 aromatic heterocycles. The van der Waals surface area contributed by atoms with Gasteiger partial charge in [0.15, 0.2) is 0 Å². The van der Waals surface area contributed by atoms with Gasteiger partial charge in [-0.05, 0) is 57.7 Å². The second-order valence-corrected chi connectivity index (χ2v) is 8.93. The van der Waals surface area contributed by atoms with E-state index in [-0.39, 0.29) is 35.0 Å². The predicted molar refractivity (Wildman–Crippen MR) is 110 cm³/mol. The van der Waals surface area contributed by atoms with Gasteiger partial charge in [-0.1, -0.05) is 5.16 Å². The number of nitrogens with zero attached hydrogens (tertiary/aromatic N) is 4. The minimum Gasteiger partial charge on any atom is -0.336 e. The Hall–Kier alpha value is -2.98. The molecule has 0 N–H and O–H groups in total. The van der Waals surface area contributed by atoms with Crippen LogP contribution in [0.3, 0.4) is 0 Å². The third-order valence-corrected chi connectivity index (χ3v) is 6.28. The molecular formula is C22H24F4N4O3. The molecule has 2 aliphatic heterocycles. The van der Waals surface area contributed by atoms with E-state index >= 15 is 0 Å². The number of benzene rings is 1. The lowest BCUT2D eigenvalue weighted by molar-refractivity contribution is -0.140. The van der Waals surface area contributed by atoms with Crippen LogP contribution in [0.1, 0.15) is 58.0 Å². The van der Waals surface area contributed by atoms with E-state index in [1.54, 1.807) is 4.90 Å². The first-order chi connectivity index (χ1) is 15.6. The normalized spacial score (nSPS) is 21.7. The summed E-state index contributed by atoms with van der Waals surface area (Å²) in [5, 5.41) is 3.37. The molecule has 0 aliphatic carbocycles. The largest absolute Gasteiger partial charge is 0.336 e. The lowest BCUT2D eigenvalue weighted by Gasteiger charge is -2.44. The molecule has 0 radical (unpaired) electrons. The fourth-order valence-electron chi connectivity index (χ4n) is 4.49. The Labute approximate surface area is 187 Å². The van der Waals surface area contributed by atoms with E-state index in [0.29, 0.717) is 13.0 Å². The van der Waals surface area contributed by atoms with Gasteiger partial charge < -0.3 is 9.42 Å². The number of hydrogen-bond acceptors (Lipinski definition) is 5. The van der Waals surface area contributed by atoms with Gasteiger partial charge in [0.25, 0.3) is 12.3 Å². The molecule has 33 heavy (non-hydrogen) atoms. The first kappa shape index (κ1) is 23.2. The molecule has 2 atom stereocenters.